The molecule has 23 heavy (non-hydrogen) atoms. The molecular formula is C16H20ClN5O. The number of halogens is 1. The Kier molecular flexibility index (Phi) is 5.90. The van der Waals surface area contributed by atoms with Crippen LogP contribution in [0.5, 0.6) is 0 Å². The standard InChI is InChI=1S/C16H19N5O.ClH/c1-12(17-2)10-15-19-16(22-20-15)11-13-4-6-14(7-5-13)21-9-3-8-18-21;/h3-9,12,17H,10-11H2,1-2H3;1H. The molecule has 1 aromatic carbocycles. The molecule has 7 heteroatoms. The SMILES string of the molecule is CNC(C)Cc1noc(Cc2ccc(-n3cccn3)cc2)n1.Cl. The summed E-state index contributed by atoms with van der Waals surface area (Å²) < 4.78 is 7.14. The Morgan fingerprint density at radius 2 is 2.04 bits per heavy atom. The fourth-order valence-electron chi connectivity index (χ4n) is 2.18. The average molecular weight is 334 g/mol. The molecule has 0 aliphatic carbocycles. The third-order valence-corrected chi connectivity index (χ3v) is 3.55. The van der Waals surface area contributed by atoms with Crippen molar-refractivity contribution in [3.8, 4) is 5.69 Å². The van der Waals surface area contributed by atoms with E-state index in [-0.39, 0.29) is 12.4 Å². The van der Waals surface area contributed by atoms with Crippen LogP contribution in [-0.2, 0) is 12.8 Å². The van der Waals surface area contributed by atoms with Gasteiger partial charge >= 0.3 is 0 Å². The Morgan fingerprint density at radius 1 is 1.26 bits per heavy atom. The van der Waals surface area contributed by atoms with Crippen LogP contribution in [0.4, 0.5) is 0 Å². The van der Waals surface area contributed by atoms with E-state index >= 15 is 0 Å². The maximum Gasteiger partial charge on any atom is 0.231 e. The third kappa shape index (κ3) is 4.40. The highest BCUT2D eigenvalue weighted by Gasteiger charge is 2.10. The lowest BCUT2D eigenvalue weighted by molar-refractivity contribution is 0.377. The van der Waals surface area contributed by atoms with E-state index < -0.39 is 0 Å². The molecule has 2 heterocycles. The Morgan fingerprint density at radius 3 is 2.70 bits per heavy atom. The predicted molar refractivity (Wildman–Crippen MR) is 90.1 cm³/mol. The quantitative estimate of drug-likeness (QED) is 0.750. The van der Waals surface area contributed by atoms with Gasteiger partial charge in [-0.15, -0.1) is 12.4 Å². The topological polar surface area (TPSA) is 68.8 Å². The van der Waals surface area contributed by atoms with Crippen molar-refractivity contribution in [1.29, 1.82) is 0 Å². The summed E-state index contributed by atoms with van der Waals surface area (Å²) in [4.78, 5) is 4.43. The molecule has 6 nitrogen and oxygen atoms in total. The Labute approximate surface area is 141 Å². The highest BCUT2D eigenvalue weighted by molar-refractivity contribution is 5.85. The Bertz CT molecular complexity index is 708. The molecule has 2 aromatic heterocycles. The molecular weight excluding hydrogens is 314 g/mol. The Balaban J connectivity index is 0.00000192. The average Bonchev–Trinajstić information content (AvgIpc) is 3.20. The number of hydrogen-bond acceptors (Lipinski definition) is 5. The summed E-state index contributed by atoms with van der Waals surface area (Å²) in [5, 5.41) is 11.4. The van der Waals surface area contributed by atoms with Gasteiger partial charge in [-0.3, -0.25) is 0 Å². The van der Waals surface area contributed by atoms with Crippen LogP contribution in [0.1, 0.15) is 24.2 Å². The molecule has 0 spiro atoms. The first kappa shape index (κ1) is 17.2. The first-order valence-electron chi connectivity index (χ1n) is 7.32. The highest BCUT2D eigenvalue weighted by atomic mass is 35.5. The molecule has 1 atom stereocenters. The van der Waals surface area contributed by atoms with Gasteiger partial charge in [-0.2, -0.15) is 10.1 Å². The monoisotopic (exact) mass is 333 g/mol. The first-order valence-corrected chi connectivity index (χ1v) is 7.32. The van der Waals surface area contributed by atoms with Gasteiger partial charge < -0.3 is 9.84 Å². The van der Waals surface area contributed by atoms with Gasteiger partial charge in [0.1, 0.15) is 0 Å². The summed E-state index contributed by atoms with van der Waals surface area (Å²) in [5.41, 5.74) is 2.16. The number of likely N-dealkylation sites (N-methyl/N-ethyl adjacent to an activating group) is 1. The molecule has 0 amide bonds. The second-order valence-corrected chi connectivity index (χ2v) is 5.29. The number of rotatable bonds is 6. The van der Waals surface area contributed by atoms with E-state index in [9.17, 15) is 0 Å². The molecule has 0 radical (unpaired) electrons. The number of nitrogens with one attached hydrogen (secondary N) is 1. The Hall–Kier alpha value is -2.18. The van der Waals surface area contributed by atoms with E-state index in [1.54, 1.807) is 6.20 Å². The first-order chi connectivity index (χ1) is 10.7. The number of hydrogen-bond donors (Lipinski definition) is 1. The largest absolute Gasteiger partial charge is 0.339 e. The molecule has 0 aliphatic rings. The van der Waals surface area contributed by atoms with Crippen LogP contribution in [-0.4, -0.2) is 33.0 Å². The van der Waals surface area contributed by atoms with Crippen LogP contribution in [0.2, 0.25) is 0 Å². The van der Waals surface area contributed by atoms with Crippen LogP contribution in [0, 0.1) is 0 Å². The zero-order valence-corrected chi connectivity index (χ0v) is 14.0. The van der Waals surface area contributed by atoms with E-state index in [0.717, 1.165) is 23.5 Å². The maximum absolute atomic E-state index is 5.31. The van der Waals surface area contributed by atoms with Gasteiger partial charge in [0, 0.05) is 24.9 Å². The van der Waals surface area contributed by atoms with E-state index in [1.165, 1.54) is 0 Å². The van der Waals surface area contributed by atoms with Crippen molar-refractivity contribution in [3.05, 3.63) is 60.0 Å². The smallest absolute Gasteiger partial charge is 0.231 e. The fourth-order valence-corrected chi connectivity index (χ4v) is 2.18. The molecule has 0 saturated carbocycles. The zero-order chi connectivity index (χ0) is 15.4. The minimum absolute atomic E-state index is 0. The molecule has 0 bridgehead atoms. The summed E-state index contributed by atoms with van der Waals surface area (Å²) in [7, 11) is 1.92. The van der Waals surface area contributed by atoms with E-state index in [4.69, 9.17) is 4.52 Å². The van der Waals surface area contributed by atoms with Gasteiger partial charge in [0.15, 0.2) is 5.82 Å². The summed E-state index contributed by atoms with van der Waals surface area (Å²) in [5.74, 6) is 1.38. The number of benzene rings is 1. The van der Waals surface area contributed by atoms with Crippen molar-refractivity contribution in [2.24, 2.45) is 0 Å². The minimum atomic E-state index is 0. The third-order valence-electron chi connectivity index (χ3n) is 3.55. The molecule has 0 aliphatic heterocycles. The molecule has 0 fully saturated rings. The van der Waals surface area contributed by atoms with Gasteiger partial charge in [0.2, 0.25) is 5.89 Å². The fraction of sp³-hybridized carbons (Fsp3) is 0.312. The highest BCUT2D eigenvalue weighted by Crippen LogP contribution is 2.12. The van der Waals surface area contributed by atoms with Crippen molar-refractivity contribution in [2.75, 3.05) is 7.05 Å². The van der Waals surface area contributed by atoms with Crippen molar-refractivity contribution >= 4 is 12.4 Å². The summed E-state index contributed by atoms with van der Waals surface area (Å²) in [6, 6.07) is 10.4. The molecule has 1 unspecified atom stereocenters. The van der Waals surface area contributed by atoms with Crippen molar-refractivity contribution in [1.82, 2.24) is 25.2 Å². The summed E-state index contributed by atoms with van der Waals surface area (Å²) in [6.07, 6.45) is 5.08. The van der Waals surface area contributed by atoms with Crippen molar-refractivity contribution in [3.63, 3.8) is 0 Å². The van der Waals surface area contributed by atoms with Gasteiger partial charge in [0.05, 0.1) is 12.1 Å². The molecule has 0 saturated heterocycles. The van der Waals surface area contributed by atoms with Crippen LogP contribution in [0.25, 0.3) is 5.69 Å². The predicted octanol–water partition coefficient (Wildman–Crippen LogP) is 2.42. The minimum Gasteiger partial charge on any atom is -0.339 e. The van der Waals surface area contributed by atoms with Crippen molar-refractivity contribution < 1.29 is 4.52 Å². The van der Waals surface area contributed by atoms with Crippen LogP contribution >= 0.6 is 12.4 Å². The van der Waals surface area contributed by atoms with Gasteiger partial charge in [0.25, 0.3) is 0 Å². The molecule has 3 aromatic rings. The maximum atomic E-state index is 5.31. The van der Waals surface area contributed by atoms with E-state index in [1.807, 2.05) is 36.1 Å². The zero-order valence-electron chi connectivity index (χ0n) is 13.1. The normalized spacial score (nSPS) is 11.9. The lowest BCUT2D eigenvalue weighted by Gasteiger charge is -2.04. The number of nitrogens with zero attached hydrogens (tertiary/aromatic N) is 4. The van der Waals surface area contributed by atoms with Crippen LogP contribution in [0.15, 0.2) is 47.2 Å². The number of aromatic nitrogens is 4. The lowest BCUT2D eigenvalue weighted by atomic mass is 10.1. The van der Waals surface area contributed by atoms with E-state index in [0.29, 0.717) is 18.4 Å². The van der Waals surface area contributed by atoms with Gasteiger partial charge in [-0.05, 0) is 37.7 Å². The second kappa shape index (κ2) is 7.89. The van der Waals surface area contributed by atoms with Crippen molar-refractivity contribution in [2.45, 2.75) is 25.8 Å². The molecule has 3 rings (SSSR count). The molecule has 122 valence electrons. The van der Waals surface area contributed by atoms with Gasteiger partial charge in [-0.25, -0.2) is 4.68 Å². The van der Waals surface area contributed by atoms with Crippen LogP contribution < -0.4 is 5.32 Å². The summed E-state index contributed by atoms with van der Waals surface area (Å²) >= 11 is 0. The summed E-state index contributed by atoms with van der Waals surface area (Å²) in [6.45, 7) is 2.09. The molecule has 1 N–H and O–H groups in total. The second-order valence-electron chi connectivity index (χ2n) is 5.29. The van der Waals surface area contributed by atoms with Crippen LogP contribution in [0.3, 0.4) is 0 Å². The van der Waals surface area contributed by atoms with Gasteiger partial charge in [-0.1, -0.05) is 17.3 Å². The lowest BCUT2D eigenvalue weighted by Crippen LogP contribution is -2.24. The van der Waals surface area contributed by atoms with E-state index in [2.05, 4.69) is 39.6 Å².